The zero-order chi connectivity index (χ0) is 13.9. The molecule has 2 aromatic rings. The minimum atomic E-state index is 0.161. The van der Waals surface area contributed by atoms with Crippen LogP contribution in [-0.4, -0.2) is 16.1 Å². The van der Waals surface area contributed by atoms with E-state index in [9.17, 15) is 0 Å². The molecule has 1 aromatic heterocycles. The van der Waals surface area contributed by atoms with E-state index >= 15 is 0 Å². The van der Waals surface area contributed by atoms with Gasteiger partial charge in [0.1, 0.15) is 5.82 Å². The Bertz CT molecular complexity index is 535. The number of rotatable bonds is 4. The summed E-state index contributed by atoms with van der Waals surface area (Å²) in [7, 11) is 0. The third-order valence-electron chi connectivity index (χ3n) is 3.33. The number of nitrogens with zero attached hydrogens (tertiary/aromatic N) is 2. The number of hydrogen-bond acceptors (Lipinski definition) is 2. The summed E-state index contributed by atoms with van der Waals surface area (Å²) >= 11 is 0. The Kier molecular flexibility index (Phi) is 3.93. The van der Waals surface area contributed by atoms with Crippen molar-refractivity contribution < 1.29 is 0 Å². The van der Waals surface area contributed by atoms with E-state index in [0.29, 0.717) is 0 Å². The molecule has 0 atom stereocenters. The molecule has 3 nitrogen and oxygen atoms in total. The molecule has 0 fully saturated rings. The van der Waals surface area contributed by atoms with Crippen molar-refractivity contribution >= 4 is 5.69 Å². The highest BCUT2D eigenvalue weighted by Crippen LogP contribution is 2.28. The second-order valence-electron chi connectivity index (χ2n) is 5.89. The zero-order valence-corrected chi connectivity index (χ0v) is 12.3. The second-order valence-corrected chi connectivity index (χ2v) is 5.89. The molecule has 0 aliphatic heterocycles. The van der Waals surface area contributed by atoms with Gasteiger partial charge in [-0.2, -0.15) is 0 Å². The van der Waals surface area contributed by atoms with Gasteiger partial charge in [0.05, 0.1) is 0 Å². The van der Waals surface area contributed by atoms with Crippen molar-refractivity contribution in [2.45, 2.75) is 39.7 Å². The number of imidazole rings is 1. The van der Waals surface area contributed by atoms with Crippen LogP contribution >= 0.6 is 0 Å². The van der Waals surface area contributed by atoms with E-state index < -0.39 is 0 Å². The van der Waals surface area contributed by atoms with Crippen molar-refractivity contribution in [1.29, 1.82) is 0 Å². The van der Waals surface area contributed by atoms with Crippen LogP contribution in [-0.2, 0) is 12.0 Å². The largest absolute Gasteiger partial charge is 0.383 e. The first-order chi connectivity index (χ1) is 8.98. The SMILES string of the molecule is Cc1nccn1CCNc1ccccc1C(C)(C)C. The molecule has 3 heteroatoms. The molecular weight excluding hydrogens is 234 g/mol. The Hall–Kier alpha value is -1.77. The van der Waals surface area contributed by atoms with Crippen LogP contribution < -0.4 is 5.32 Å². The summed E-state index contributed by atoms with van der Waals surface area (Å²) in [6.45, 7) is 10.6. The van der Waals surface area contributed by atoms with Crippen molar-refractivity contribution in [2.75, 3.05) is 11.9 Å². The lowest BCUT2D eigenvalue weighted by Crippen LogP contribution is -2.17. The Morgan fingerprint density at radius 1 is 1.21 bits per heavy atom. The highest BCUT2D eigenvalue weighted by Gasteiger charge is 2.16. The quantitative estimate of drug-likeness (QED) is 0.907. The summed E-state index contributed by atoms with van der Waals surface area (Å²) < 4.78 is 2.16. The molecule has 0 unspecified atom stereocenters. The minimum absolute atomic E-state index is 0.161. The van der Waals surface area contributed by atoms with E-state index in [2.05, 4.69) is 59.9 Å². The first-order valence-electron chi connectivity index (χ1n) is 6.79. The fourth-order valence-electron chi connectivity index (χ4n) is 2.24. The van der Waals surface area contributed by atoms with Crippen LogP contribution in [0.25, 0.3) is 0 Å². The number of benzene rings is 1. The van der Waals surface area contributed by atoms with E-state index in [1.54, 1.807) is 0 Å². The van der Waals surface area contributed by atoms with Crippen LogP contribution in [0.1, 0.15) is 32.2 Å². The van der Waals surface area contributed by atoms with Crippen molar-refractivity contribution in [3.8, 4) is 0 Å². The lowest BCUT2D eigenvalue weighted by atomic mass is 9.86. The number of para-hydroxylation sites is 1. The number of anilines is 1. The molecule has 0 radical (unpaired) electrons. The van der Waals surface area contributed by atoms with E-state index in [0.717, 1.165) is 18.9 Å². The van der Waals surface area contributed by atoms with Crippen LogP contribution in [0.5, 0.6) is 0 Å². The molecule has 0 aliphatic carbocycles. The van der Waals surface area contributed by atoms with Gasteiger partial charge in [-0.3, -0.25) is 0 Å². The van der Waals surface area contributed by atoms with Crippen molar-refractivity contribution in [3.05, 3.63) is 48.0 Å². The fraction of sp³-hybridized carbons (Fsp3) is 0.438. The van der Waals surface area contributed by atoms with Crippen LogP contribution in [0, 0.1) is 6.92 Å². The average molecular weight is 257 g/mol. The molecule has 0 bridgehead atoms. The fourth-order valence-corrected chi connectivity index (χ4v) is 2.24. The number of hydrogen-bond donors (Lipinski definition) is 1. The van der Waals surface area contributed by atoms with E-state index in [1.165, 1.54) is 11.3 Å². The maximum atomic E-state index is 4.23. The average Bonchev–Trinajstić information content (AvgIpc) is 2.75. The lowest BCUT2D eigenvalue weighted by molar-refractivity contribution is 0.591. The summed E-state index contributed by atoms with van der Waals surface area (Å²) in [6.07, 6.45) is 3.87. The van der Waals surface area contributed by atoms with Crippen LogP contribution in [0.2, 0.25) is 0 Å². The van der Waals surface area contributed by atoms with Gasteiger partial charge in [-0.1, -0.05) is 39.0 Å². The molecule has 1 N–H and O–H groups in total. The third-order valence-corrected chi connectivity index (χ3v) is 3.33. The second kappa shape index (κ2) is 5.47. The molecule has 2 rings (SSSR count). The van der Waals surface area contributed by atoms with Gasteiger partial charge >= 0.3 is 0 Å². The standard InChI is InChI=1S/C16H23N3/c1-13-17-9-11-19(13)12-10-18-15-8-6-5-7-14(15)16(2,3)4/h5-9,11,18H,10,12H2,1-4H3. The first-order valence-corrected chi connectivity index (χ1v) is 6.79. The van der Waals surface area contributed by atoms with Gasteiger partial charge in [-0.15, -0.1) is 0 Å². The van der Waals surface area contributed by atoms with E-state index in [1.807, 2.05) is 19.3 Å². The molecule has 1 aromatic carbocycles. The molecule has 102 valence electrons. The summed E-state index contributed by atoms with van der Waals surface area (Å²) in [6, 6.07) is 8.54. The monoisotopic (exact) mass is 257 g/mol. The molecule has 0 spiro atoms. The van der Waals surface area contributed by atoms with Gasteiger partial charge in [0.25, 0.3) is 0 Å². The van der Waals surface area contributed by atoms with Gasteiger partial charge in [0.15, 0.2) is 0 Å². The van der Waals surface area contributed by atoms with E-state index in [4.69, 9.17) is 0 Å². The summed E-state index contributed by atoms with van der Waals surface area (Å²) in [5.41, 5.74) is 2.75. The van der Waals surface area contributed by atoms with Gasteiger partial charge in [0, 0.05) is 31.2 Å². The molecule has 0 aliphatic rings. The Morgan fingerprint density at radius 2 is 1.95 bits per heavy atom. The smallest absolute Gasteiger partial charge is 0.105 e. The number of nitrogens with one attached hydrogen (secondary N) is 1. The van der Waals surface area contributed by atoms with Gasteiger partial charge in [0.2, 0.25) is 0 Å². The summed E-state index contributed by atoms with van der Waals surface area (Å²) in [4.78, 5) is 4.23. The molecule has 0 amide bonds. The lowest BCUT2D eigenvalue weighted by Gasteiger charge is -2.23. The maximum absolute atomic E-state index is 4.23. The predicted molar refractivity (Wildman–Crippen MR) is 80.6 cm³/mol. The Labute approximate surface area is 115 Å². The van der Waals surface area contributed by atoms with Crippen molar-refractivity contribution in [3.63, 3.8) is 0 Å². The summed E-state index contributed by atoms with van der Waals surface area (Å²) in [5.74, 6) is 1.06. The van der Waals surface area contributed by atoms with Crippen LogP contribution in [0.15, 0.2) is 36.7 Å². The van der Waals surface area contributed by atoms with Gasteiger partial charge < -0.3 is 9.88 Å². The molecule has 1 heterocycles. The normalized spacial score (nSPS) is 11.6. The zero-order valence-electron chi connectivity index (χ0n) is 12.3. The first kappa shape index (κ1) is 13.7. The van der Waals surface area contributed by atoms with Crippen molar-refractivity contribution in [1.82, 2.24) is 9.55 Å². The molecule has 0 saturated carbocycles. The Morgan fingerprint density at radius 3 is 2.58 bits per heavy atom. The highest BCUT2D eigenvalue weighted by atomic mass is 15.1. The Balaban J connectivity index is 2.02. The summed E-state index contributed by atoms with van der Waals surface area (Å²) in [5, 5.41) is 3.54. The topological polar surface area (TPSA) is 29.9 Å². The minimum Gasteiger partial charge on any atom is -0.383 e. The highest BCUT2D eigenvalue weighted by molar-refractivity contribution is 5.54. The predicted octanol–water partition coefficient (Wildman–Crippen LogP) is 3.60. The van der Waals surface area contributed by atoms with Crippen molar-refractivity contribution in [2.24, 2.45) is 0 Å². The van der Waals surface area contributed by atoms with Crippen LogP contribution in [0.4, 0.5) is 5.69 Å². The molecule has 19 heavy (non-hydrogen) atoms. The maximum Gasteiger partial charge on any atom is 0.105 e. The van der Waals surface area contributed by atoms with Gasteiger partial charge in [-0.25, -0.2) is 4.98 Å². The molecule has 0 saturated heterocycles. The van der Waals surface area contributed by atoms with Gasteiger partial charge in [-0.05, 0) is 24.0 Å². The third kappa shape index (κ3) is 3.37. The number of aryl methyl sites for hydroxylation is 1. The van der Waals surface area contributed by atoms with Crippen LogP contribution in [0.3, 0.4) is 0 Å². The van der Waals surface area contributed by atoms with E-state index in [-0.39, 0.29) is 5.41 Å². The number of aromatic nitrogens is 2. The molecular formula is C16H23N3.